The Balaban J connectivity index is 2.06. The first-order valence-corrected chi connectivity index (χ1v) is 7.26. The standard InChI is InChI=1S/C18H18N2O2/c1-11(2)14-9-12(6-7-16(14)22-3)10-15-13-5-4-8-19-17(13)20-18(15)21/h4-11H,1-3H3,(H,19,20,21). The number of amides is 1. The number of hydrogen-bond acceptors (Lipinski definition) is 3. The number of nitrogens with zero attached hydrogens (tertiary/aromatic N) is 1. The molecule has 0 radical (unpaired) electrons. The fourth-order valence-electron chi connectivity index (χ4n) is 2.62. The van der Waals surface area contributed by atoms with Gasteiger partial charge in [0.25, 0.3) is 5.91 Å². The molecule has 1 aromatic heterocycles. The number of aromatic nitrogens is 1. The predicted molar refractivity (Wildman–Crippen MR) is 87.8 cm³/mol. The summed E-state index contributed by atoms with van der Waals surface area (Å²) in [5, 5.41) is 2.78. The molecule has 0 spiro atoms. The van der Waals surface area contributed by atoms with E-state index in [0.29, 0.717) is 17.3 Å². The van der Waals surface area contributed by atoms with Crippen LogP contribution in [0.25, 0.3) is 11.6 Å². The van der Waals surface area contributed by atoms with Crippen LogP contribution in [0.15, 0.2) is 36.5 Å². The number of anilines is 1. The van der Waals surface area contributed by atoms with Gasteiger partial charge in [-0.2, -0.15) is 0 Å². The molecule has 112 valence electrons. The SMILES string of the molecule is COc1ccc(C=C2C(=O)Nc3ncccc32)cc1C(C)C. The van der Waals surface area contributed by atoms with Gasteiger partial charge in [0.05, 0.1) is 12.7 Å². The van der Waals surface area contributed by atoms with Crippen LogP contribution in [0.5, 0.6) is 5.75 Å². The van der Waals surface area contributed by atoms with Gasteiger partial charge in [0.15, 0.2) is 0 Å². The van der Waals surface area contributed by atoms with E-state index in [9.17, 15) is 4.79 Å². The topological polar surface area (TPSA) is 51.2 Å². The van der Waals surface area contributed by atoms with E-state index in [4.69, 9.17) is 4.74 Å². The Morgan fingerprint density at radius 3 is 2.82 bits per heavy atom. The molecular formula is C18H18N2O2. The summed E-state index contributed by atoms with van der Waals surface area (Å²) >= 11 is 0. The zero-order valence-corrected chi connectivity index (χ0v) is 12.9. The van der Waals surface area contributed by atoms with Crippen molar-refractivity contribution in [2.75, 3.05) is 12.4 Å². The third kappa shape index (κ3) is 2.48. The Labute approximate surface area is 129 Å². The van der Waals surface area contributed by atoms with E-state index in [1.807, 2.05) is 30.3 Å². The molecule has 0 unspecified atom stereocenters. The third-order valence-corrected chi connectivity index (χ3v) is 3.76. The zero-order valence-electron chi connectivity index (χ0n) is 12.9. The summed E-state index contributed by atoms with van der Waals surface area (Å²) in [6.45, 7) is 4.24. The fourth-order valence-corrected chi connectivity index (χ4v) is 2.62. The minimum Gasteiger partial charge on any atom is -0.496 e. The second kappa shape index (κ2) is 5.64. The summed E-state index contributed by atoms with van der Waals surface area (Å²) < 4.78 is 5.40. The van der Waals surface area contributed by atoms with Crippen molar-refractivity contribution in [1.82, 2.24) is 4.98 Å². The van der Waals surface area contributed by atoms with E-state index >= 15 is 0 Å². The van der Waals surface area contributed by atoms with Gasteiger partial charge in [-0.3, -0.25) is 4.79 Å². The predicted octanol–water partition coefficient (Wildman–Crippen LogP) is 3.71. The van der Waals surface area contributed by atoms with Crippen LogP contribution < -0.4 is 10.1 Å². The molecule has 0 atom stereocenters. The first-order valence-electron chi connectivity index (χ1n) is 7.26. The van der Waals surface area contributed by atoms with E-state index in [-0.39, 0.29) is 5.91 Å². The quantitative estimate of drug-likeness (QED) is 0.878. The molecule has 1 amide bonds. The van der Waals surface area contributed by atoms with Gasteiger partial charge >= 0.3 is 0 Å². The molecule has 4 nitrogen and oxygen atoms in total. The van der Waals surface area contributed by atoms with Crippen LogP contribution in [0.2, 0.25) is 0 Å². The maximum Gasteiger partial charge on any atom is 0.257 e. The smallest absolute Gasteiger partial charge is 0.257 e. The highest BCUT2D eigenvalue weighted by Gasteiger charge is 2.24. The number of pyridine rings is 1. The lowest BCUT2D eigenvalue weighted by Crippen LogP contribution is -2.04. The minimum atomic E-state index is -0.115. The molecule has 1 aromatic carbocycles. The molecule has 2 heterocycles. The Hall–Kier alpha value is -2.62. The van der Waals surface area contributed by atoms with Crippen LogP contribution in [-0.4, -0.2) is 18.0 Å². The molecule has 1 N–H and O–H groups in total. The van der Waals surface area contributed by atoms with Crippen LogP contribution in [-0.2, 0) is 4.79 Å². The minimum absolute atomic E-state index is 0.115. The van der Waals surface area contributed by atoms with Crippen molar-refractivity contribution in [3.05, 3.63) is 53.2 Å². The van der Waals surface area contributed by atoms with Crippen molar-refractivity contribution in [3.8, 4) is 5.75 Å². The number of carbonyl (C=O) groups is 1. The van der Waals surface area contributed by atoms with Crippen molar-refractivity contribution >= 4 is 23.4 Å². The van der Waals surface area contributed by atoms with Gasteiger partial charge in [0.2, 0.25) is 0 Å². The van der Waals surface area contributed by atoms with Gasteiger partial charge in [-0.15, -0.1) is 0 Å². The van der Waals surface area contributed by atoms with Gasteiger partial charge in [0.1, 0.15) is 11.6 Å². The molecule has 2 aromatic rings. The van der Waals surface area contributed by atoms with E-state index in [1.54, 1.807) is 13.3 Å². The number of nitrogens with one attached hydrogen (secondary N) is 1. The Kier molecular flexibility index (Phi) is 3.67. The van der Waals surface area contributed by atoms with Crippen molar-refractivity contribution in [1.29, 1.82) is 0 Å². The van der Waals surface area contributed by atoms with Crippen molar-refractivity contribution < 1.29 is 9.53 Å². The summed E-state index contributed by atoms with van der Waals surface area (Å²) in [6, 6.07) is 9.70. The Bertz CT molecular complexity index is 763. The maximum atomic E-state index is 12.1. The number of methoxy groups -OCH3 is 1. The fraction of sp³-hybridized carbons (Fsp3) is 0.222. The molecule has 1 aliphatic heterocycles. The zero-order chi connectivity index (χ0) is 15.7. The molecule has 0 fully saturated rings. The van der Waals surface area contributed by atoms with Crippen molar-refractivity contribution in [2.45, 2.75) is 19.8 Å². The summed E-state index contributed by atoms with van der Waals surface area (Å²) in [6.07, 6.45) is 3.57. The average molecular weight is 294 g/mol. The number of ether oxygens (including phenoxy) is 1. The van der Waals surface area contributed by atoms with Crippen molar-refractivity contribution in [3.63, 3.8) is 0 Å². The molecule has 3 rings (SSSR count). The molecule has 0 aliphatic carbocycles. The lowest BCUT2D eigenvalue weighted by atomic mass is 9.98. The second-order valence-corrected chi connectivity index (χ2v) is 5.57. The first-order chi connectivity index (χ1) is 10.6. The van der Waals surface area contributed by atoms with Gasteiger partial charge < -0.3 is 10.1 Å². The molecule has 0 saturated heterocycles. The number of hydrogen-bond donors (Lipinski definition) is 1. The summed E-state index contributed by atoms with van der Waals surface area (Å²) in [5.41, 5.74) is 3.59. The first kappa shape index (κ1) is 14.3. The molecular weight excluding hydrogens is 276 g/mol. The summed E-state index contributed by atoms with van der Waals surface area (Å²) in [4.78, 5) is 16.3. The summed E-state index contributed by atoms with van der Waals surface area (Å²) in [5.74, 6) is 1.72. The van der Waals surface area contributed by atoms with Crippen LogP contribution >= 0.6 is 0 Å². The van der Waals surface area contributed by atoms with Crippen LogP contribution in [0.3, 0.4) is 0 Å². The monoisotopic (exact) mass is 294 g/mol. The number of rotatable bonds is 3. The molecule has 1 aliphatic rings. The summed E-state index contributed by atoms with van der Waals surface area (Å²) in [7, 11) is 1.67. The Morgan fingerprint density at radius 1 is 1.27 bits per heavy atom. The number of fused-ring (bicyclic) bond motifs is 1. The van der Waals surface area contributed by atoms with Gasteiger partial charge in [-0.1, -0.05) is 19.9 Å². The van der Waals surface area contributed by atoms with E-state index < -0.39 is 0 Å². The van der Waals surface area contributed by atoms with Crippen LogP contribution in [0, 0.1) is 0 Å². The van der Waals surface area contributed by atoms with Crippen LogP contribution in [0.1, 0.15) is 36.5 Å². The van der Waals surface area contributed by atoms with Gasteiger partial charge in [-0.05, 0) is 47.4 Å². The highest BCUT2D eigenvalue weighted by atomic mass is 16.5. The van der Waals surface area contributed by atoms with Crippen molar-refractivity contribution in [2.24, 2.45) is 0 Å². The molecule has 4 heteroatoms. The average Bonchev–Trinajstić information content (AvgIpc) is 2.83. The number of carbonyl (C=O) groups excluding carboxylic acids is 1. The maximum absolute atomic E-state index is 12.1. The van der Waals surface area contributed by atoms with Gasteiger partial charge in [-0.25, -0.2) is 4.98 Å². The van der Waals surface area contributed by atoms with Crippen LogP contribution in [0.4, 0.5) is 5.82 Å². The Morgan fingerprint density at radius 2 is 2.09 bits per heavy atom. The van der Waals surface area contributed by atoms with Gasteiger partial charge in [0, 0.05) is 11.8 Å². The van der Waals surface area contributed by atoms with E-state index in [2.05, 4.69) is 30.2 Å². The second-order valence-electron chi connectivity index (χ2n) is 5.57. The largest absolute Gasteiger partial charge is 0.496 e. The highest BCUT2D eigenvalue weighted by Crippen LogP contribution is 2.33. The molecule has 22 heavy (non-hydrogen) atoms. The highest BCUT2D eigenvalue weighted by molar-refractivity contribution is 6.34. The molecule has 0 saturated carbocycles. The van der Waals surface area contributed by atoms with E-state index in [0.717, 1.165) is 22.4 Å². The van der Waals surface area contributed by atoms with E-state index in [1.165, 1.54) is 0 Å². The molecule has 0 bridgehead atoms. The lowest BCUT2D eigenvalue weighted by Gasteiger charge is -2.12. The lowest BCUT2D eigenvalue weighted by molar-refractivity contribution is -0.110. The normalized spacial score (nSPS) is 15.1. The number of benzene rings is 1. The third-order valence-electron chi connectivity index (χ3n) is 3.76.